The highest BCUT2D eigenvalue weighted by atomic mass is 32.1. The first kappa shape index (κ1) is 8.58. The van der Waals surface area contributed by atoms with Crippen LogP contribution in [0.3, 0.4) is 0 Å². The quantitative estimate of drug-likeness (QED) is 0.676. The van der Waals surface area contributed by atoms with Crippen LogP contribution in [0.1, 0.15) is 10.7 Å². The van der Waals surface area contributed by atoms with Crippen LogP contribution in [-0.4, -0.2) is 17.0 Å². The van der Waals surface area contributed by atoms with Crippen molar-refractivity contribution in [1.82, 2.24) is 10.3 Å². The topological polar surface area (TPSA) is 50.9 Å². The molecule has 0 saturated heterocycles. The van der Waals surface area contributed by atoms with Crippen LogP contribution < -0.4 is 11.1 Å². The zero-order chi connectivity index (χ0) is 8.27. The Morgan fingerprint density at radius 3 is 3.09 bits per heavy atom. The zero-order valence-corrected chi connectivity index (χ0v) is 7.76. The van der Waals surface area contributed by atoms with Gasteiger partial charge in [0.2, 0.25) is 0 Å². The molecule has 11 heavy (non-hydrogen) atoms. The summed E-state index contributed by atoms with van der Waals surface area (Å²) in [6.07, 6.45) is 0. The van der Waals surface area contributed by atoms with Crippen molar-refractivity contribution in [3.63, 3.8) is 0 Å². The summed E-state index contributed by atoms with van der Waals surface area (Å²) in [5, 5.41) is 5.88. The smallest absolute Gasteiger partial charge is 0.123 e. The maximum atomic E-state index is 5.38. The van der Waals surface area contributed by atoms with E-state index in [4.69, 9.17) is 18.0 Å². The minimum Gasteiger partial charge on any atom is -0.388 e. The van der Waals surface area contributed by atoms with E-state index in [0.29, 0.717) is 4.99 Å². The molecule has 1 heterocycles. The molecular formula is C6H9N3S2. The standard InChI is InChI=1S/C6H9N3S2/c1-8-2-5-9-4(3-11-5)6(7)10/h3,8H,2H2,1H3,(H2,7,10). The number of nitrogens with zero attached hydrogens (tertiary/aromatic N) is 1. The van der Waals surface area contributed by atoms with Crippen LogP contribution in [0.15, 0.2) is 5.38 Å². The van der Waals surface area contributed by atoms with Gasteiger partial charge in [0.05, 0.1) is 0 Å². The summed E-state index contributed by atoms with van der Waals surface area (Å²) in [5.41, 5.74) is 6.10. The van der Waals surface area contributed by atoms with Crippen LogP contribution in [0.2, 0.25) is 0 Å². The highest BCUT2D eigenvalue weighted by Gasteiger charge is 2.01. The van der Waals surface area contributed by atoms with Crippen molar-refractivity contribution in [2.24, 2.45) is 5.73 Å². The molecule has 0 radical (unpaired) electrons. The predicted octanol–water partition coefficient (Wildman–Crippen LogP) is 0.497. The Bertz CT molecular complexity index is 256. The molecule has 60 valence electrons. The minimum atomic E-state index is 0.364. The minimum absolute atomic E-state index is 0.364. The van der Waals surface area contributed by atoms with Gasteiger partial charge in [0.15, 0.2) is 0 Å². The largest absolute Gasteiger partial charge is 0.388 e. The van der Waals surface area contributed by atoms with Gasteiger partial charge in [-0.1, -0.05) is 12.2 Å². The van der Waals surface area contributed by atoms with Gasteiger partial charge in [-0.05, 0) is 7.05 Å². The molecule has 1 aromatic rings. The molecule has 1 rings (SSSR count). The number of nitrogens with one attached hydrogen (secondary N) is 1. The van der Waals surface area contributed by atoms with Crippen LogP contribution in [0, 0.1) is 0 Å². The van der Waals surface area contributed by atoms with Gasteiger partial charge in [-0.2, -0.15) is 0 Å². The first-order valence-electron chi connectivity index (χ1n) is 3.13. The lowest BCUT2D eigenvalue weighted by Crippen LogP contribution is -2.10. The Hall–Kier alpha value is -0.520. The average Bonchev–Trinajstić information content (AvgIpc) is 2.37. The molecule has 0 atom stereocenters. The number of thiocarbonyl (C=S) groups is 1. The number of hydrogen-bond acceptors (Lipinski definition) is 4. The van der Waals surface area contributed by atoms with Crippen molar-refractivity contribution in [2.75, 3.05) is 7.05 Å². The average molecular weight is 187 g/mol. The second kappa shape index (κ2) is 3.75. The van der Waals surface area contributed by atoms with Gasteiger partial charge in [0, 0.05) is 11.9 Å². The second-order valence-corrected chi connectivity index (χ2v) is 3.40. The van der Waals surface area contributed by atoms with Gasteiger partial charge in [-0.25, -0.2) is 4.98 Å². The van der Waals surface area contributed by atoms with Crippen LogP contribution >= 0.6 is 23.6 Å². The van der Waals surface area contributed by atoms with Crippen molar-refractivity contribution in [1.29, 1.82) is 0 Å². The summed E-state index contributed by atoms with van der Waals surface area (Å²) in [7, 11) is 1.88. The molecule has 1 aromatic heterocycles. The van der Waals surface area contributed by atoms with Gasteiger partial charge >= 0.3 is 0 Å². The maximum Gasteiger partial charge on any atom is 0.123 e. The van der Waals surface area contributed by atoms with Crippen LogP contribution in [0.4, 0.5) is 0 Å². The fraction of sp³-hybridized carbons (Fsp3) is 0.333. The van der Waals surface area contributed by atoms with Gasteiger partial charge in [-0.3, -0.25) is 0 Å². The Morgan fingerprint density at radius 2 is 2.64 bits per heavy atom. The SMILES string of the molecule is CNCc1nc(C(N)=S)cs1. The summed E-state index contributed by atoms with van der Waals surface area (Å²) in [4.78, 5) is 4.55. The lowest BCUT2D eigenvalue weighted by Gasteiger charge is -1.90. The van der Waals surface area contributed by atoms with E-state index in [-0.39, 0.29) is 0 Å². The molecule has 0 aromatic carbocycles. The molecule has 0 saturated carbocycles. The number of aromatic nitrogens is 1. The third kappa shape index (κ3) is 2.21. The van der Waals surface area contributed by atoms with E-state index in [9.17, 15) is 0 Å². The molecule has 0 bridgehead atoms. The highest BCUT2D eigenvalue weighted by Crippen LogP contribution is 2.08. The Balaban J connectivity index is 2.73. The van der Waals surface area contributed by atoms with Crippen molar-refractivity contribution >= 4 is 28.5 Å². The summed E-state index contributed by atoms with van der Waals surface area (Å²) in [6.45, 7) is 0.771. The van der Waals surface area contributed by atoms with Gasteiger partial charge < -0.3 is 11.1 Å². The van der Waals surface area contributed by atoms with Crippen molar-refractivity contribution in [3.8, 4) is 0 Å². The third-order valence-electron chi connectivity index (χ3n) is 1.13. The zero-order valence-electron chi connectivity index (χ0n) is 6.13. The van der Waals surface area contributed by atoms with Crippen molar-refractivity contribution < 1.29 is 0 Å². The molecular weight excluding hydrogens is 178 g/mol. The summed E-state index contributed by atoms with van der Waals surface area (Å²) in [5.74, 6) is 0. The molecule has 0 spiro atoms. The van der Waals surface area contributed by atoms with Crippen LogP contribution in [0.5, 0.6) is 0 Å². The Labute approximate surface area is 74.6 Å². The Kier molecular flexibility index (Phi) is 2.92. The molecule has 0 aliphatic carbocycles. The van der Waals surface area contributed by atoms with E-state index in [2.05, 4.69) is 10.3 Å². The van der Waals surface area contributed by atoms with Crippen molar-refractivity contribution in [3.05, 3.63) is 16.1 Å². The normalized spacial score (nSPS) is 9.91. The fourth-order valence-electron chi connectivity index (χ4n) is 0.656. The first-order chi connectivity index (χ1) is 5.24. The third-order valence-corrected chi connectivity index (χ3v) is 2.19. The highest BCUT2D eigenvalue weighted by molar-refractivity contribution is 7.80. The lowest BCUT2D eigenvalue weighted by atomic mass is 10.5. The molecule has 0 aliphatic heterocycles. The lowest BCUT2D eigenvalue weighted by molar-refractivity contribution is 0.809. The summed E-state index contributed by atoms with van der Waals surface area (Å²) < 4.78 is 0. The molecule has 0 amide bonds. The summed E-state index contributed by atoms with van der Waals surface area (Å²) in [6, 6.07) is 0. The van der Waals surface area contributed by atoms with Gasteiger partial charge in [0.25, 0.3) is 0 Å². The predicted molar refractivity (Wildman–Crippen MR) is 50.8 cm³/mol. The van der Waals surface area contributed by atoms with Gasteiger partial charge in [0.1, 0.15) is 15.7 Å². The van der Waals surface area contributed by atoms with Gasteiger partial charge in [-0.15, -0.1) is 11.3 Å². The first-order valence-corrected chi connectivity index (χ1v) is 4.41. The Morgan fingerprint density at radius 1 is 1.91 bits per heavy atom. The number of hydrogen-bond donors (Lipinski definition) is 2. The van der Waals surface area contributed by atoms with E-state index < -0.39 is 0 Å². The number of rotatable bonds is 3. The van der Waals surface area contributed by atoms with E-state index in [1.165, 1.54) is 0 Å². The molecule has 3 N–H and O–H groups in total. The number of thiazole rings is 1. The van der Waals surface area contributed by atoms with Crippen LogP contribution in [0.25, 0.3) is 0 Å². The molecule has 3 nitrogen and oxygen atoms in total. The molecule has 0 fully saturated rings. The van der Waals surface area contributed by atoms with E-state index in [0.717, 1.165) is 17.2 Å². The van der Waals surface area contributed by atoms with E-state index in [1.807, 2.05) is 12.4 Å². The van der Waals surface area contributed by atoms with Crippen molar-refractivity contribution in [2.45, 2.75) is 6.54 Å². The number of nitrogens with two attached hydrogens (primary N) is 1. The molecule has 0 unspecified atom stereocenters. The summed E-state index contributed by atoms with van der Waals surface area (Å²) >= 11 is 6.32. The molecule has 0 aliphatic rings. The second-order valence-electron chi connectivity index (χ2n) is 2.02. The fourth-order valence-corrected chi connectivity index (χ4v) is 1.64. The maximum absolute atomic E-state index is 5.38. The van der Waals surface area contributed by atoms with E-state index >= 15 is 0 Å². The molecule has 5 heteroatoms. The van der Waals surface area contributed by atoms with E-state index in [1.54, 1.807) is 11.3 Å². The van der Waals surface area contributed by atoms with Crippen LogP contribution in [-0.2, 0) is 6.54 Å². The monoisotopic (exact) mass is 187 g/mol.